The van der Waals surface area contributed by atoms with E-state index in [-0.39, 0.29) is 11.9 Å². The molecule has 112 valence electrons. The number of halogens is 5. The molecule has 2 heterocycles. The highest BCUT2D eigenvalue weighted by molar-refractivity contribution is 9.10. The Bertz CT molecular complexity index is 463. The molecule has 1 fully saturated rings. The highest BCUT2D eigenvalue weighted by atomic mass is 79.9. The van der Waals surface area contributed by atoms with Gasteiger partial charge >= 0.3 is 6.18 Å². The third-order valence-electron chi connectivity index (χ3n) is 3.48. The van der Waals surface area contributed by atoms with Crippen molar-refractivity contribution in [2.24, 2.45) is 0 Å². The Balaban J connectivity index is 2.39. The van der Waals surface area contributed by atoms with E-state index in [0.29, 0.717) is 11.0 Å². The van der Waals surface area contributed by atoms with Crippen LogP contribution in [0, 0.1) is 0 Å². The van der Waals surface area contributed by atoms with Crippen LogP contribution in [0.4, 0.5) is 19.0 Å². The van der Waals surface area contributed by atoms with Gasteiger partial charge in [0.2, 0.25) is 0 Å². The van der Waals surface area contributed by atoms with Crippen molar-refractivity contribution < 1.29 is 13.2 Å². The van der Waals surface area contributed by atoms with Crippen LogP contribution in [0.5, 0.6) is 0 Å². The average molecular weight is 416 g/mol. The van der Waals surface area contributed by atoms with Gasteiger partial charge in [-0.25, -0.2) is 4.98 Å². The normalized spacial score (nSPS) is 20.2. The number of hydrogen-bond acceptors (Lipinski definition) is 2. The molecule has 1 aliphatic rings. The maximum atomic E-state index is 13.2. The molecule has 1 aromatic heterocycles. The second-order valence-electron chi connectivity index (χ2n) is 4.84. The molecule has 2 rings (SSSR count). The number of nitrogens with zero attached hydrogens (tertiary/aromatic N) is 2. The number of piperidine rings is 1. The van der Waals surface area contributed by atoms with Gasteiger partial charge in [-0.1, -0.05) is 15.9 Å². The second-order valence-corrected chi connectivity index (χ2v) is 6.55. The van der Waals surface area contributed by atoms with Gasteiger partial charge in [0, 0.05) is 28.6 Å². The van der Waals surface area contributed by atoms with Crippen LogP contribution in [0.3, 0.4) is 0 Å². The molecular weight excluding hydrogens is 401 g/mol. The number of alkyl halides is 4. The van der Waals surface area contributed by atoms with Gasteiger partial charge in [-0.2, -0.15) is 13.2 Å². The Kier molecular flexibility index (Phi) is 5.34. The summed E-state index contributed by atoms with van der Waals surface area (Å²) in [4.78, 5) is 5.86. The Labute approximate surface area is 133 Å². The summed E-state index contributed by atoms with van der Waals surface area (Å²) >= 11 is 6.45. The lowest BCUT2D eigenvalue weighted by molar-refractivity contribution is -0.137. The minimum atomic E-state index is -4.39. The van der Waals surface area contributed by atoms with Gasteiger partial charge in [0.25, 0.3) is 0 Å². The van der Waals surface area contributed by atoms with Crippen LogP contribution in [0.25, 0.3) is 0 Å². The van der Waals surface area contributed by atoms with E-state index in [4.69, 9.17) is 0 Å². The van der Waals surface area contributed by atoms with E-state index in [9.17, 15) is 13.2 Å². The summed E-state index contributed by atoms with van der Waals surface area (Å²) in [5.41, 5.74) is -0.659. The van der Waals surface area contributed by atoms with Crippen LogP contribution >= 0.6 is 31.9 Å². The molecule has 0 aromatic carbocycles. The minimum absolute atomic E-state index is 0.0614. The summed E-state index contributed by atoms with van der Waals surface area (Å²) in [5.74, 6) is 0.0614. The number of pyridine rings is 1. The van der Waals surface area contributed by atoms with Crippen molar-refractivity contribution in [2.75, 3.05) is 16.8 Å². The topological polar surface area (TPSA) is 16.1 Å². The van der Waals surface area contributed by atoms with Gasteiger partial charge in [-0.3, -0.25) is 0 Å². The molecule has 1 aliphatic heterocycles. The van der Waals surface area contributed by atoms with Crippen molar-refractivity contribution >= 4 is 37.7 Å². The van der Waals surface area contributed by atoms with E-state index in [0.717, 1.165) is 37.1 Å². The lowest BCUT2D eigenvalue weighted by Gasteiger charge is -2.37. The molecule has 0 N–H and O–H groups in total. The predicted octanol–water partition coefficient (Wildman–Crippen LogP) is 5.01. The molecule has 20 heavy (non-hydrogen) atoms. The third kappa shape index (κ3) is 3.67. The first-order chi connectivity index (χ1) is 9.43. The van der Waals surface area contributed by atoms with Crippen LogP contribution in [0.15, 0.2) is 16.7 Å². The second kappa shape index (κ2) is 6.64. The molecule has 0 aliphatic carbocycles. The lowest BCUT2D eigenvalue weighted by Crippen LogP contribution is -2.41. The van der Waals surface area contributed by atoms with E-state index >= 15 is 0 Å². The first-order valence-corrected chi connectivity index (χ1v) is 8.40. The van der Waals surface area contributed by atoms with Gasteiger partial charge in [0.05, 0.1) is 5.56 Å². The van der Waals surface area contributed by atoms with Crippen molar-refractivity contribution in [3.05, 3.63) is 22.3 Å². The number of anilines is 1. The van der Waals surface area contributed by atoms with Gasteiger partial charge in [0.15, 0.2) is 0 Å². The zero-order chi connectivity index (χ0) is 14.8. The first-order valence-electron chi connectivity index (χ1n) is 6.49. The summed E-state index contributed by atoms with van der Waals surface area (Å²) in [6.07, 6.45) is 0.766. The Hall–Kier alpha value is -0.300. The number of aromatic nitrogens is 1. The van der Waals surface area contributed by atoms with Crippen molar-refractivity contribution in [1.29, 1.82) is 0 Å². The fourth-order valence-electron chi connectivity index (χ4n) is 2.58. The molecule has 0 bridgehead atoms. The fraction of sp³-hybridized carbons (Fsp3) is 0.615. The molecule has 0 saturated carbocycles. The van der Waals surface area contributed by atoms with Gasteiger partial charge in [0.1, 0.15) is 5.82 Å². The Morgan fingerprint density at radius 2 is 2.10 bits per heavy atom. The number of hydrogen-bond donors (Lipinski definition) is 0. The average Bonchev–Trinajstić information content (AvgIpc) is 2.39. The molecule has 1 atom stereocenters. The molecule has 1 saturated heterocycles. The summed E-state index contributed by atoms with van der Waals surface area (Å²) < 4.78 is 39.9. The SMILES string of the molecule is FC(F)(F)c1cc(Br)cnc1N1CCCCC1CCBr. The molecule has 7 heteroatoms. The third-order valence-corrected chi connectivity index (χ3v) is 4.37. The highest BCUT2D eigenvalue weighted by Crippen LogP contribution is 2.39. The van der Waals surface area contributed by atoms with Crippen molar-refractivity contribution in [1.82, 2.24) is 4.98 Å². The fourth-order valence-corrected chi connectivity index (χ4v) is 3.43. The van der Waals surface area contributed by atoms with Gasteiger partial charge in [-0.05, 0) is 47.7 Å². The van der Waals surface area contributed by atoms with Crippen LogP contribution in [0.1, 0.15) is 31.2 Å². The lowest BCUT2D eigenvalue weighted by atomic mass is 9.99. The molecule has 2 nitrogen and oxygen atoms in total. The maximum absolute atomic E-state index is 13.2. The standard InChI is InChI=1S/C13H15Br2F3N2/c14-5-4-10-3-1-2-6-20(10)12-11(13(16,17)18)7-9(15)8-19-12/h7-8,10H,1-6H2. The van der Waals surface area contributed by atoms with E-state index in [2.05, 4.69) is 36.8 Å². The van der Waals surface area contributed by atoms with E-state index in [1.807, 2.05) is 4.90 Å². The molecule has 0 radical (unpaired) electrons. The Morgan fingerprint density at radius 3 is 2.75 bits per heavy atom. The van der Waals surface area contributed by atoms with Crippen molar-refractivity contribution in [2.45, 2.75) is 37.9 Å². The quantitative estimate of drug-likeness (QED) is 0.645. The summed E-state index contributed by atoms with van der Waals surface area (Å²) in [6.45, 7) is 0.634. The molecule has 1 aromatic rings. The van der Waals surface area contributed by atoms with E-state index in [1.165, 1.54) is 6.20 Å². The van der Waals surface area contributed by atoms with E-state index < -0.39 is 11.7 Å². The van der Waals surface area contributed by atoms with Crippen LogP contribution in [-0.2, 0) is 6.18 Å². The summed E-state index contributed by atoms with van der Waals surface area (Å²) in [5, 5.41) is 0.784. The molecular formula is C13H15Br2F3N2. The maximum Gasteiger partial charge on any atom is 0.419 e. The molecule has 0 amide bonds. The minimum Gasteiger partial charge on any atom is -0.353 e. The summed E-state index contributed by atoms with van der Waals surface area (Å²) in [6, 6.07) is 1.24. The zero-order valence-corrected chi connectivity index (χ0v) is 13.9. The smallest absolute Gasteiger partial charge is 0.353 e. The highest BCUT2D eigenvalue weighted by Gasteiger charge is 2.37. The monoisotopic (exact) mass is 414 g/mol. The van der Waals surface area contributed by atoms with E-state index in [1.54, 1.807) is 0 Å². The van der Waals surface area contributed by atoms with Crippen LogP contribution in [0.2, 0.25) is 0 Å². The van der Waals surface area contributed by atoms with Crippen LogP contribution in [-0.4, -0.2) is 22.9 Å². The Morgan fingerprint density at radius 1 is 1.35 bits per heavy atom. The zero-order valence-electron chi connectivity index (χ0n) is 10.8. The largest absolute Gasteiger partial charge is 0.419 e. The molecule has 0 spiro atoms. The predicted molar refractivity (Wildman–Crippen MR) is 80.3 cm³/mol. The van der Waals surface area contributed by atoms with Gasteiger partial charge < -0.3 is 4.90 Å². The van der Waals surface area contributed by atoms with Gasteiger partial charge in [-0.15, -0.1) is 0 Å². The van der Waals surface area contributed by atoms with Crippen molar-refractivity contribution in [3.63, 3.8) is 0 Å². The van der Waals surface area contributed by atoms with Crippen LogP contribution < -0.4 is 4.90 Å². The molecule has 1 unspecified atom stereocenters. The van der Waals surface area contributed by atoms with Crippen molar-refractivity contribution in [3.8, 4) is 0 Å². The summed E-state index contributed by atoms with van der Waals surface area (Å²) in [7, 11) is 0. The number of rotatable bonds is 3. The first kappa shape index (κ1) is 16.1.